The molecule has 23 heavy (non-hydrogen) atoms. The summed E-state index contributed by atoms with van der Waals surface area (Å²) in [5.74, 6) is 1.74. The van der Waals surface area contributed by atoms with Crippen LogP contribution in [0.25, 0.3) is 0 Å². The lowest BCUT2D eigenvalue weighted by Crippen LogP contribution is -2.54. The van der Waals surface area contributed by atoms with Gasteiger partial charge in [0.1, 0.15) is 5.69 Å². The second-order valence-corrected chi connectivity index (χ2v) is 7.19. The number of nitrogens with one attached hydrogen (secondary N) is 1. The molecule has 3 N–H and O–H groups in total. The van der Waals surface area contributed by atoms with Crippen molar-refractivity contribution in [3.8, 4) is 5.75 Å². The fourth-order valence-electron chi connectivity index (χ4n) is 4.35. The first kappa shape index (κ1) is 16.3. The molecule has 2 unspecified atom stereocenters. The topological polar surface area (TPSA) is 82.2 Å². The molecule has 0 saturated heterocycles. The van der Waals surface area contributed by atoms with Gasteiger partial charge in [-0.3, -0.25) is 9.48 Å². The monoisotopic (exact) mass is 320 g/mol. The fourth-order valence-corrected chi connectivity index (χ4v) is 4.35. The number of rotatable bonds is 4. The molecule has 1 amide bonds. The largest absolute Gasteiger partial charge is 0.480 e. The van der Waals surface area contributed by atoms with E-state index in [-0.39, 0.29) is 18.6 Å². The van der Waals surface area contributed by atoms with Crippen molar-refractivity contribution in [2.45, 2.75) is 58.0 Å². The zero-order chi connectivity index (χ0) is 16.6. The summed E-state index contributed by atoms with van der Waals surface area (Å²) in [7, 11) is 1.88. The SMILES string of the molecule is Cc1nn(C)c(C)c1OCC(=O)NC1C2CCCC1CC(N)C2. The third-order valence-electron chi connectivity index (χ3n) is 5.49. The van der Waals surface area contributed by atoms with Crippen LogP contribution in [0.5, 0.6) is 5.75 Å². The van der Waals surface area contributed by atoms with Gasteiger partial charge in [0.15, 0.2) is 12.4 Å². The number of aromatic nitrogens is 2. The predicted octanol–water partition coefficient (Wildman–Crippen LogP) is 1.44. The number of hydrogen-bond donors (Lipinski definition) is 2. The highest BCUT2D eigenvalue weighted by molar-refractivity contribution is 5.78. The number of nitrogens with zero attached hydrogens (tertiary/aromatic N) is 2. The zero-order valence-corrected chi connectivity index (χ0v) is 14.3. The molecule has 1 aromatic rings. The van der Waals surface area contributed by atoms with Gasteiger partial charge < -0.3 is 15.8 Å². The van der Waals surface area contributed by atoms with E-state index >= 15 is 0 Å². The van der Waals surface area contributed by atoms with Gasteiger partial charge in [0.25, 0.3) is 5.91 Å². The van der Waals surface area contributed by atoms with Crippen molar-refractivity contribution in [2.24, 2.45) is 24.6 Å². The Morgan fingerprint density at radius 2 is 2.00 bits per heavy atom. The summed E-state index contributed by atoms with van der Waals surface area (Å²) in [6, 6.07) is 0.575. The maximum absolute atomic E-state index is 12.3. The van der Waals surface area contributed by atoms with E-state index in [0.29, 0.717) is 23.6 Å². The molecule has 1 heterocycles. The minimum atomic E-state index is -0.0370. The molecule has 3 rings (SSSR count). The summed E-state index contributed by atoms with van der Waals surface area (Å²) in [5, 5.41) is 7.52. The van der Waals surface area contributed by atoms with Crippen molar-refractivity contribution in [1.29, 1.82) is 0 Å². The van der Waals surface area contributed by atoms with Crippen molar-refractivity contribution >= 4 is 5.91 Å². The maximum atomic E-state index is 12.3. The van der Waals surface area contributed by atoms with E-state index in [0.717, 1.165) is 24.2 Å². The Hall–Kier alpha value is -1.56. The summed E-state index contributed by atoms with van der Waals surface area (Å²) in [6.07, 6.45) is 5.68. The summed E-state index contributed by atoms with van der Waals surface area (Å²) in [5.41, 5.74) is 7.90. The average molecular weight is 320 g/mol. The molecule has 1 aromatic heterocycles. The normalized spacial score (nSPS) is 30.1. The molecule has 2 saturated carbocycles. The Labute approximate surface area is 137 Å². The van der Waals surface area contributed by atoms with E-state index in [9.17, 15) is 4.79 Å². The van der Waals surface area contributed by atoms with Crippen molar-refractivity contribution in [2.75, 3.05) is 6.61 Å². The predicted molar refractivity (Wildman–Crippen MR) is 88.1 cm³/mol. The van der Waals surface area contributed by atoms with E-state index in [2.05, 4.69) is 10.4 Å². The Balaban J connectivity index is 1.57. The molecule has 128 valence electrons. The minimum Gasteiger partial charge on any atom is -0.480 e. The van der Waals surface area contributed by atoms with Crippen LogP contribution in [0.4, 0.5) is 0 Å². The average Bonchev–Trinajstić information content (AvgIpc) is 2.71. The summed E-state index contributed by atoms with van der Waals surface area (Å²) in [6.45, 7) is 3.89. The molecule has 0 aliphatic heterocycles. The highest BCUT2D eigenvalue weighted by Gasteiger charge is 2.39. The van der Waals surface area contributed by atoms with Crippen LogP contribution in [0.1, 0.15) is 43.5 Å². The first-order valence-electron chi connectivity index (χ1n) is 8.63. The molecule has 0 aromatic carbocycles. The van der Waals surface area contributed by atoms with Crippen LogP contribution in [0.15, 0.2) is 0 Å². The van der Waals surface area contributed by atoms with Crippen molar-refractivity contribution in [3.05, 3.63) is 11.4 Å². The molecule has 2 aliphatic rings. The van der Waals surface area contributed by atoms with Gasteiger partial charge in [0.05, 0.1) is 5.69 Å². The highest BCUT2D eigenvalue weighted by Crippen LogP contribution is 2.39. The van der Waals surface area contributed by atoms with Crippen LogP contribution in [-0.4, -0.2) is 34.4 Å². The van der Waals surface area contributed by atoms with Gasteiger partial charge in [-0.15, -0.1) is 0 Å². The van der Waals surface area contributed by atoms with Crippen molar-refractivity contribution in [3.63, 3.8) is 0 Å². The molecular formula is C17H28N4O2. The van der Waals surface area contributed by atoms with Gasteiger partial charge in [-0.1, -0.05) is 6.42 Å². The zero-order valence-electron chi connectivity index (χ0n) is 14.3. The van der Waals surface area contributed by atoms with E-state index in [1.165, 1.54) is 19.3 Å². The summed E-state index contributed by atoms with van der Waals surface area (Å²) >= 11 is 0. The number of nitrogens with two attached hydrogens (primary N) is 1. The van der Waals surface area contributed by atoms with Gasteiger partial charge in [0.2, 0.25) is 0 Å². The Morgan fingerprint density at radius 3 is 2.57 bits per heavy atom. The van der Waals surface area contributed by atoms with Crippen LogP contribution in [0.2, 0.25) is 0 Å². The van der Waals surface area contributed by atoms with Crippen LogP contribution >= 0.6 is 0 Å². The molecule has 0 radical (unpaired) electrons. The molecular weight excluding hydrogens is 292 g/mol. The van der Waals surface area contributed by atoms with Crippen LogP contribution in [0, 0.1) is 25.7 Å². The minimum absolute atomic E-state index is 0.0370. The number of aryl methyl sites for hydroxylation is 2. The van der Waals surface area contributed by atoms with Gasteiger partial charge >= 0.3 is 0 Å². The van der Waals surface area contributed by atoms with Gasteiger partial charge in [-0.05, 0) is 51.4 Å². The number of amides is 1. The maximum Gasteiger partial charge on any atom is 0.258 e. The highest BCUT2D eigenvalue weighted by atomic mass is 16.5. The molecule has 2 atom stereocenters. The fraction of sp³-hybridized carbons (Fsp3) is 0.765. The van der Waals surface area contributed by atoms with Crippen LogP contribution in [-0.2, 0) is 11.8 Å². The molecule has 6 heteroatoms. The number of carbonyl (C=O) groups is 1. The van der Waals surface area contributed by atoms with Crippen molar-refractivity contribution < 1.29 is 9.53 Å². The Kier molecular flexibility index (Phi) is 4.62. The quantitative estimate of drug-likeness (QED) is 0.879. The van der Waals surface area contributed by atoms with E-state index in [1.54, 1.807) is 4.68 Å². The second kappa shape index (κ2) is 6.51. The summed E-state index contributed by atoms with van der Waals surface area (Å²) in [4.78, 5) is 12.3. The number of hydrogen-bond acceptors (Lipinski definition) is 4. The Bertz CT molecular complexity index is 569. The second-order valence-electron chi connectivity index (χ2n) is 7.19. The molecule has 0 spiro atoms. The third kappa shape index (κ3) is 3.37. The third-order valence-corrected chi connectivity index (χ3v) is 5.49. The lowest BCUT2D eigenvalue weighted by molar-refractivity contribution is -0.125. The molecule has 2 fully saturated rings. The van der Waals surface area contributed by atoms with E-state index < -0.39 is 0 Å². The lowest BCUT2D eigenvalue weighted by Gasteiger charge is -2.45. The first-order chi connectivity index (χ1) is 11.0. The van der Waals surface area contributed by atoms with Gasteiger partial charge in [-0.25, -0.2) is 0 Å². The standard InChI is InChI=1S/C17H28N4O2/c1-10-17(11(2)21(3)20-10)23-9-15(22)19-16-12-5-4-6-13(16)8-14(18)7-12/h12-14,16H,4-9,18H2,1-3H3,(H,19,22). The number of carbonyl (C=O) groups excluding carboxylic acids is 1. The lowest BCUT2D eigenvalue weighted by atomic mass is 9.67. The van der Waals surface area contributed by atoms with E-state index in [1.807, 2.05) is 20.9 Å². The van der Waals surface area contributed by atoms with Crippen LogP contribution in [0.3, 0.4) is 0 Å². The molecule has 2 aliphatic carbocycles. The van der Waals surface area contributed by atoms with Crippen LogP contribution < -0.4 is 15.8 Å². The van der Waals surface area contributed by atoms with Gasteiger partial charge in [-0.2, -0.15) is 5.10 Å². The smallest absolute Gasteiger partial charge is 0.258 e. The number of fused-ring (bicyclic) bond motifs is 2. The van der Waals surface area contributed by atoms with Gasteiger partial charge in [0, 0.05) is 19.1 Å². The number of ether oxygens (including phenoxy) is 1. The summed E-state index contributed by atoms with van der Waals surface area (Å²) < 4.78 is 7.49. The Morgan fingerprint density at radius 1 is 1.35 bits per heavy atom. The molecule has 6 nitrogen and oxygen atoms in total. The molecule has 2 bridgehead atoms. The van der Waals surface area contributed by atoms with E-state index in [4.69, 9.17) is 10.5 Å². The first-order valence-corrected chi connectivity index (χ1v) is 8.63. The van der Waals surface area contributed by atoms with Crippen molar-refractivity contribution in [1.82, 2.24) is 15.1 Å².